The average Bonchev–Trinajstić information content (AvgIpc) is 3.20. The summed E-state index contributed by atoms with van der Waals surface area (Å²) in [6.07, 6.45) is 8.65. The highest BCUT2D eigenvalue weighted by Crippen LogP contribution is 2.34. The predicted molar refractivity (Wildman–Crippen MR) is 115 cm³/mol. The number of benzene rings is 1. The van der Waals surface area contributed by atoms with E-state index in [1.165, 1.54) is 0 Å². The lowest BCUT2D eigenvalue weighted by molar-refractivity contribution is 0.285. The highest BCUT2D eigenvalue weighted by atomic mass is 16.5. The van der Waals surface area contributed by atoms with Crippen LogP contribution in [0.25, 0.3) is 27.7 Å². The number of hydrogen-bond acceptors (Lipinski definition) is 6. The van der Waals surface area contributed by atoms with Gasteiger partial charge < -0.3 is 19.6 Å². The molecule has 0 aliphatic carbocycles. The van der Waals surface area contributed by atoms with E-state index in [-0.39, 0.29) is 12.8 Å². The van der Waals surface area contributed by atoms with E-state index in [1.807, 2.05) is 36.8 Å². The van der Waals surface area contributed by atoms with Crippen LogP contribution in [0.2, 0.25) is 0 Å². The molecule has 7 nitrogen and oxygen atoms in total. The second-order valence-corrected chi connectivity index (χ2v) is 6.76. The van der Waals surface area contributed by atoms with Crippen molar-refractivity contribution in [1.29, 1.82) is 0 Å². The number of fused-ring (bicyclic) bond motifs is 1. The molecule has 0 fully saturated rings. The van der Waals surface area contributed by atoms with Crippen molar-refractivity contribution in [3.63, 3.8) is 0 Å². The number of dihydropyridines is 1. The molecule has 0 unspecified atom stereocenters. The lowest BCUT2D eigenvalue weighted by Gasteiger charge is -2.16. The predicted octanol–water partition coefficient (Wildman–Crippen LogP) is 3.01. The van der Waals surface area contributed by atoms with Gasteiger partial charge in [0.05, 0.1) is 20.8 Å². The number of hydrogen-bond donors (Lipinski definition) is 3. The monoisotopic (exact) mass is 392 g/mol. The summed E-state index contributed by atoms with van der Waals surface area (Å²) in [5, 5.41) is 13.2. The molecule has 0 spiro atoms. The third-order valence-corrected chi connectivity index (χ3v) is 5.01. The van der Waals surface area contributed by atoms with E-state index in [0.717, 1.165) is 39.7 Å². The van der Waals surface area contributed by atoms with Crippen molar-refractivity contribution in [1.82, 2.24) is 15.3 Å². The van der Waals surface area contributed by atoms with Gasteiger partial charge in [0.25, 0.3) is 0 Å². The second-order valence-electron chi connectivity index (χ2n) is 6.76. The summed E-state index contributed by atoms with van der Waals surface area (Å²) < 4.78 is 10.8. The third kappa shape index (κ3) is 3.87. The maximum atomic E-state index is 8.94. The highest BCUT2D eigenvalue weighted by molar-refractivity contribution is 6.15. The summed E-state index contributed by atoms with van der Waals surface area (Å²) in [6.45, 7) is 0.645. The van der Waals surface area contributed by atoms with Crippen molar-refractivity contribution >= 4 is 22.8 Å². The summed E-state index contributed by atoms with van der Waals surface area (Å²) in [5.74, 6) is 1.38. The Balaban J connectivity index is 1.66. The van der Waals surface area contributed by atoms with E-state index in [4.69, 9.17) is 14.6 Å². The lowest BCUT2D eigenvalue weighted by atomic mass is 10.0. The molecule has 0 amide bonds. The molecular formula is C22H24N4O3. The molecule has 1 aliphatic rings. The molecule has 3 aromatic rings. The SMILES string of the molecule is COc1ccc(-c2cnc3[nH]cc(C4=CC[C@H](NCCO)N=C4)c3c2)cc1OC. The topological polar surface area (TPSA) is 91.8 Å². The van der Waals surface area contributed by atoms with Crippen molar-refractivity contribution in [3.05, 3.63) is 48.3 Å². The van der Waals surface area contributed by atoms with Gasteiger partial charge in [-0.2, -0.15) is 0 Å². The molecule has 0 saturated heterocycles. The van der Waals surface area contributed by atoms with Gasteiger partial charge >= 0.3 is 0 Å². The van der Waals surface area contributed by atoms with Gasteiger partial charge in [-0.05, 0) is 29.3 Å². The number of aliphatic hydroxyl groups is 1. The summed E-state index contributed by atoms with van der Waals surface area (Å²) in [4.78, 5) is 12.4. The van der Waals surface area contributed by atoms with Crippen LogP contribution in [-0.2, 0) is 0 Å². The first-order valence-electron chi connectivity index (χ1n) is 9.51. The van der Waals surface area contributed by atoms with Crippen LogP contribution < -0.4 is 14.8 Å². The van der Waals surface area contributed by atoms with Crippen molar-refractivity contribution in [2.45, 2.75) is 12.6 Å². The minimum Gasteiger partial charge on any atom is -0.493 e. The first-order valence-corrected chi connectivity index (χ1v) is 9.51. The standard InChI is InChI=1S/C22H24N4O3/c1-28-19-5-3-14(10-20(19)29-2)16-9-17-18(13-26-22(17)25-12-16)15-4-6-21(24-11-15)23-7-8-27/h3-5,9-13,21,23,27H,6-8H2,1-2H3,(H,25,26)/t21-/m1/s1. The normalized spacial score (nSPS) is 16.1. The molecule has 150 valence electrons. The van der Waals surface area contributed by atoms with Gasteiger partial charge in [0, 0.05) is 48.1 Å². The summed E-state index contributed by atoms with van der Waals surface area (Å²) >= 11 is 0. The number of nitrogens with one attached hydrogen (secondary N) is 2. The fourth-order valence-corrected chi connectivity index (χ4v) is 3.48. The fraction of sp³-hybridized carbons (Fsp3) is 0.273. The fourth-order valence-electron chi connectivity index (χ4n) is 3.48. The van der Waals surface area contributed by atoms with Crippen LogP contribution in [0.5, 0.6) is 11.5 Å². The van der Waals surface area contributed by atoms with Gasteiger partial charge in [-0.1, -0.05) is 12.1 Å². The number of aromatic amines is 1. The Morgan fingerprint density at radius 2 is 2.03 bits per heavy atom. The number of methoxy groups -OCH3 is 2. The average molecular weight is 392 g/mol. The summed E-state index contributed by atoms with van der Waals surface area (Å²) in [7, 11) is 3.26. The Kier molecular flexibility index (Phi) is 5.59. The summed E-state index contributed by atoms with van der Waals surface area (Å²) in [6, 6.07) is 7.97. The van der Waals surface area contributed by atoms with Crippen LogP contribution in [0.1, 0.15) is 12.0 Å². The molecule has 4 rings (SSSR count). The quantitative estimate of drug-likeness (QED) is 0.575. The number of pyridine rings is 1. The van der Waals surface area contributed by atoms with Gasteiger partial charge in [0.2, 0.25) is 0 Å². The Bertz CT molecular complexity index is 1070. The van der Waals surface area contributed by atoms with Gasteiger partial charge in [0.1, 0.15) is 11.8 Å². The highest BCUT2D eigenvalue weighted by Gasteiger charge is 2.15. The Morgan fingerprint density at radius 1 is 1.17 bits per heavy atom. The molecule has 29 heavy (non-hydrogen) atoms. The zero-order valence-corrected chi connectivity index (χ0v) is 16.5. The number of aliphatic hydroxyl groups excluding tert-OH is 1. The van der Waals surface area contributed by atoms with Crippen LogP contribution in [-0.4, -0.2) is 54.8 Å². The van der Waals surface area contributed by atoms with E-state index in [0.29, 0.717) is 18.0 Å². The van der Waals surface area contributed by atoms with Gasteiger partial charge in [0.15, 0.2) is 11.5 Å². The van der Waals surface area contributed by atoms with Crippen molar-refractivity contribution < 1.29 is 14.6 Å². The first-order chi connectivity index (χ1) is 14.2. The van der Waals surface area contributed by atoms with Crippen molar-refractivity contribution in [3.8, 4) is 22.6 Å². The molecule has 3 N–H and O–H groups in total. The number of aliphatic imine (C=N–C) groups is 1. The summed E-state index contributed by atoms with van der Waals surface area (Å²) in [5.41, 5.74) is 4.96. The van der Waals surface area contributed by atoms with Crippen LogP contribution in [0.3, 0.4) is 0 Å². The molecule has 2 aromatic heterocycles. The smallest absolute Gasteiger partial charge is 0.161 e. The lowest BCUT2D eigenvalue weighted by Crippen LogP contribution is -2.30. The van der Waals surface area contributed by atoms with Crippen LogP contribution >= 0.6 is 0 Å². The number of rotatable bonds is 7. The van der Waals surface area contributed by atoms with Crippen LogP contribution in [0, 0.1) is 0 Å². The molecule has 1 aliphatic heterocycles. The van der Waals surface area contributed by atoms with Gasteiger partial charge in [-0.3, -0.25) is 10.3 Å². The molecule has 0 saturated carbocycles. The minimum absolute atomic E-state index is 0.0107. The maximum Gasteiger partial charge on any atom is 0.161 e. The second kappa shape index (κ2) is 8.46. The van der Waals surface area contributed by atoms with Crippen molar-refractivity contribution in [2.75, 3.05) is 27.4 Å². The van der Waals surface area contributed by atoms with Gasteiger partial charge in [-0.25, -0.2) is 4.98 Å². The maximum absolute atomic E-state index is 8.94. The number of ether oxygens (including phenoxy) is 2. The Labute approximate surface area is 169 Å². The van der Waals surface area contributed by atoms with E-state index in [1.54, 1.807) is 14.2 Å². The molecule has 7 heteroatoms. The van der Waals surface area contributed by atoms with Crippen molar-refractivity contribution in [2.24, 2.45) is 4.99 Å². The van der Waals surface area contributed by atoms with Crippen LogP contribution in [0.4, 0.5) is 0 Å². The first kappa shape index (κ1) is 19.2. The van der Waals surface area contributed by atoms with E-state index < -0.39 is 0 Å². The molecule has 3 heterocycles. The van der Waals surface area contributed by atoms with E-state index >= 15 is 0 Å². The number of H-pyrrole nitrogens is 1. The van der Waals surface area contributed by atoms with E-state index in [2.05, 4.69) is 32.4 Å². The molecule has 1 atom stereocenters. The largest absolute Gasteiger partial charge is 0.493 e. The Morgan fingerprint density at radius 3 is 2.76 bits per heavy atom. The molecular weight excluding hydrogens is 368 g/mol. The molecule has 0 bridgehead atoms. The molecule has 1 aromatic carbocycles. The minimum atomic E-state index is 0.0107. The number of nitrogens with zero attached hydrogens (tertiary/aromatic N) is 2. The zero-order valence-electron chi connectivity index (χ0n) is 16.5. The number of allylic oxidation sites excluding steroid dienone is 1. The third-order valence-electron chi connectivity index (χ3n) is 5.01. The van der Waals surface area contributed by atoms with Crippen LogP contribution in [0.15, 0.2) is 47.7 Å². The zero-order chi connectivity index (χ0) is 20.2. The Hall–Kier alpha value is -3.16. The van der Waals surface area contributed by atoms with E-state index in [9.17, 15) is 0 Å². The number of aromatic nitrogens is 2. The van der Waals surface area contributed by atoms with Gasteiger partial charge in [-0.15, -0.1) is 0 Å². The molecule has 0 radical (unpaired) electrons.